The molecule has 2 saturated heterocycles. The van der Waals surface area contributed by atoms with Crippen LogP contribution in [-0.4, -0.2) is 53.0 Å². The molecule has 24 heavy (non-hydrogen) atoms. The Morgan fingerprint density at radius 1 is 1.25 bits per heavy atom. The summed E-state index contributed by atoms with van der Waals surface area (Å²) >= 11 is 3.56. The number of thiazole rings is 1. The number of carbonyl (C=O) groups excluding carboxylic acids is 1. The van der Waals surface area contributed by atoms with Crippen molar-refractivity contribution >= 4 is 39.2 Å². The molecule has 2 aliphatic rings. The molecule has 1 aromatic heterocycles. The Balaban J connectivity index is 1.27. The Morgan fingerprint density at radius 3 is 2.83 bits per heavy atom. The van der Waals surface area contributed by atoms with Gasteiger partial charge in [-0.1, -0.05) is 12.1 Å². The molecule has 2 aromatic rings. The van der Waals surface area contributed by atoms with Crippen molar-refractivity contribution in [3.05, 3.63) is 29.3 Å². The van der Waals surface area contributed by atoms with Crippen LogP contribution in [0.1, 0.15) is 29.1 Å². The number of rotatable bonds is 4. The number of benzene rings is 1. The first kappa shape index (κ1) is 16.4. The largest absolute Gasteiger partial charge is 0.350 e. The van der Waals surface area contributed by atoms with Crippen LogP contribution in [-0.2, 0) is 0 Å². The Hall–Kier alpha value is -1.11. The summed E-state index contributed by atoms with van der Waals surface area (Å²) in [6, 6.07) is 8.72. The summed E-state index contributed by atoms with van der Waals surface area (Å²) in [5, 5.41) is 3.68. The van der Waals surface area contributed by atoms with Gasteiger partial charge in [0.2, 0.25) is 0 Å². The van der Waals surface area contributed by atoms with E-state index in [0.717, 1.165) is 22.8 Å². The van der Waals surface area contributed by atoms with Crippen molar-refractivity contribution in [3.63, 3.8) is 0 Å². The zero-order valence-corrected chi connectivity index (χ0v) is 15.4. The van der Waals surface area contributed by atoms with Crippen molar-refractivity contribution in [2.24, 2.45) is 5.92 Å². The molecule has 0 aliphatic carbocycles. The van der Waals surface area contributed by atoms with Crippen molar-refractivity contribution in [1.29, 1.82) is 0 Å². The van der Waals surface area contributed by atoms with Crippen molar-refractivity contribution in [2.75, 3.05) is 31.1 Å². The van der Waals surface area contributed by atoms with Crippen LogP contribution >= 0.6 is 23.1 Å². The van der Waals surface area contributed by atoms with Crippen LogP contribution in [0.4, 0.5) is 0 Å². The number of likely N-dealkylation sites (tertiary alicyclic amines) is 1. The second kappa shape index (κ2) is 7.42. The maximum Gasteiger partial charge on any atom is 0.280 e. The Labute approximate surface area is 151 Å². The van der Waals surface area contributed by atoms with E-state index in [9.17, 15) is 4.79 Å². The molecule has 1 amide bonds. The van der Waals surface area contributed by atoms with Gasteiger partial charge in [0.15, 0.2) is 5.01 Å². The minimum Gasteiger partial charge on any atom is -0.350 e. The Kier molecular flexibility index (Phi) is 5.06. The molecule has 1 unspecified atom stereocenters. The first-order valence-electron chi connectivity index (χ1n) is 8.75. The van der Waals surface area contributed by atoms with Crippen LogP contribution in [0.15, 0.2) is 24.3 Å². The summed E-state index contributed by atoms with van der Waals surface area (Å²) in [6.07, 6.45) is 3.74. The van der Waals surface area contributed by atoms with Gasteiger partial charge in [-0.15, -0.1) is 11.3 Å². The monoisotopic (exact) mass is 361 g/mol. The van der Waals surface area contributed by atoms with Crippen molar-refractivity contribution in [1.82, 2.24) is 15.2 Å². The van der Waals surface area contributed by atoms with Gasteiger partial charge in [0.1, 0.15) is 0 Å². The fourth-order valence-electron chi connectivity index (χ4n) is 3.61. The summed E-state index contributed by atoms with van der Waals surface area (Å²) in [5.41, 5.74) is 0.912. The number of thioether (sulfide) groups is 1. The smallest absolute Gasteiger partial charge is 0.280 e. The van der Waals surface area contributed by atoms with Gasteiger partial charge in [-0.2, -0.15) is 11.8 Å². The number of carbonyl (C=O) groups is 1. The van der Waals surface area contributed by atoms with E-state index in [2.05, 4.69) is 27.0 Å². The molecule has 128 valence electrons. The van der Waals surface area contributed by atoms with E-state index in [1.165, 1.54) is 55.2 Å². The summed E-state index contributed by atoms with van der Waals surface area (Å²) < 4.78 is 1.07. The van der Waals surface area contributed by atoms with E-state index < -0.39 is 0 Å². The average Bonchev–Trinajstić information content (AvgIpc) is 3.29. The normalized spacial score (nSPS) is 22.9. The van der Waals surface area contributed by atoms with Gasteiger partial charge >= 0.3 is 0 Å². The van der Waals surface area contributed by atoms with Crippen molar-refractivity contribution < 1.29 is 4.79 Å². The predicted octanol–water partition coefficient (Wildman–Crippen LogP) is 3.24. The fraction of sp³-hybridized carbons (Fsp3) is 0.556. The molecule has 1 aromatic carbocycles. The van der Waals surface area contributed by atoms with Crippen LogP contribution < -0.4 is 5.32 Å². The average molecular weight is 362 g/mol. The van der Waals surface area contributed by atoms with Gasteiger partial charge in [-0.05, 0) is 56.2 Å². The van der Waals surface area contributed by atoms with Gasteiger partial charge in [-0.25, -0.2) is 4.98 Å². The summed E-state index contributed by atoms with van der Waals surface area (Å²) in [6.45, 7) is 3.15. The lowest BCUT2D eigenvalue weighted by atomic mass is 9.95. The topological polar surface area (TPSA) is 45.2 Å². The second-order valence-electron chi connectivity index (χ2n) is 6.69. The molecule has 0 bridgehead atoms. The molecular formula is C18H23N3OS2. The quantitative estimate of drug-likeness (QED) is 0.908. The van der Waals surface area contributed by atoms with Crippen LogP contribution in [0.25, 0.3) is 10.2 Å². The lowest BCUT2D eigenvalue weighted by Gasteiger charge is -2.35. The highest BCUT2D eigenvalue weighted by Gasteiger charge is 2.27. The van der Waals surface area contributed by atoms with E-state index in [0.29, 0.717) is 10.9 Å². The van der Waals surface area contributed by atoms with Gasteiger partial charge in [-0.3, -0.25) is 9.69 Å². The molecule has 0 saturated carbocycles. The SMILES string of the molecule is O=C(NCC1CCN(C2CCSC2)CC1)c1nc2ccccc2s1. The van der Waals surface area contributed by atoms with Crippen molar-refractivity contribution in [3.8, 4) is 0 Å². The Bertz CT molecular complexity index is 670. The number of fused-ring (bicyclic) bond motifs is 1. The maximum atomic E-state index is 12.4. The molecule has 3 heterocycles. The molecule has 4 rings (SSSR count). The molecule has 0 radical (unpaired) electrons. The Morgan fingerprint density at radius 2 is 2.08 bits per heavy atom. The number of amides is 1. The fourth-order valence-corrected chi connectivity index (χ4v) is 5.75. The van der Waals surface area contributed by atoms with Gasteiger partial charge < -0.3 is 5.32 Å². The van der Waals surface area contributed by atoms with E-state index >= 15 is 0 Å². The summed E-state index contributed by atoms with van der Waals surface area (Å²) in [5.74, 6) is 3.21. The maximum absolute atomic E-state index is 12.4. The third kappa shape index (κ3) is 3.60. The third-order valence-corrected chi connectivity index (χ3v) is 7.29. The number of piperidine rings is 1. The summed E-state index contributed by atoms with van der Waals surface area (Å²) in [4.78, 5) is 19.4. The second-order valence-corrected chi connectivity index (χ2v) is 8.87. The van der Waals surface area contributed by atoms with Crippen molar-refractivity contribution in [2.45, 2.75) is 25.3 Å². The molecule has 2 aliphatic heterocycles. The number of nitrogens with one attached hydrogen (secondary N) is 1. The van der Waals surface area contributed by atoms with Crippen LogP contribution in [0.3, 0.4) is 0 Å². The highest BCUT2D eigenvalue weighted by Crippen LogP contribution is 2.27. The molecule has 1 N–H and O–H groups in total. The number of para-hydroxylation sites is 1. The highest BCUT2D eigenvalue weighted by atomic mass is 32.2. The number of hydrogen-bond acceptors (Lipinski definition) is 5. The lowest BCUT2D eigenvalue weighted by molar-refractivity contribution is 0.0928. The first-order chi connectivity index (χ1) is 11.8. The van der Waals surface area contributed by atoms with E-state index in [1.54, 1.807) is 0 Å². The molecular weight excluding hydrogens is 338 g/mol. The highest BCUT2D eigenvalue weighted by molar-refractivity contribution is 7.99. The summed E-state index contributed by atoms with van der Waals surface area (Å²) in [7, 11) is 0. The minimum atomic E-state index is -0.0224. The molecule has 2 fully saturated rings. The molecule has 4 nitrogen and oxygen atoms in total. The molecule has 0 spiro atoms. The minimum absolute atomic E-state index is 0.0224. The molecule has 6 heteroatoms. The zero-order chi connectivity index (χ0) is 16.4. The van der Waals surface area contributed by atoms with Gasteiger partial charge in [0.05, 0.1) is 10.2 Å². The zero-order valence-electron chi connectivity index (χ0n) is 13.7. The van der Waals surface area contributed by atoms with Crippen LogP contribution in [0.5, 0.6) is 0 Å². The van der Waals surface area contributed by atoms with Crippen LogP contribution in [0.2, 0.25) is 0 Å². The lowest BCUT2D eigenvalue weighted by Crippen LogP contribution is -2.43. The van der Waals surface area contributed by atoms with E-state index in [4.69, 9.17) is 0 Å². The number of hydrogen-bond donors (Lipinski definition) is 1. The first-order valence-corrected chi connectivity index (χ1v) is 10.7. The molecule has 1 atom stereocenters. The van der Waals surface area contributed by atoms with E-state index in [1.807, 2.05) is 24.3 Å². The number of aromatic nitrogens is 1. The van der Waals surface area contributed by atoms with E-state index in [-0.39, 0.29) is 5.91 Å². The van der Waals surface area contributed by atoms with Crippen LogP contribution in [0, 0.1) is 5.92 Å². The van der Waals surface area contributed by atoms with Gasteiger partial charge in [0.25, 0.3) is 5.91 Å². The van der Waals surface area contributed by atoms with Gasteiger partial charge in [0, 0.05) is 18.3 Å². The number of nitrogens with zero attached hydrogens (tertiary/aromatic N) is 2. The predicted molar refractivity (Wildman–Crippen MR) is 102 cm³/mol. The standard InChI is InChI=1S/C18H23N3OS2/c22-17(18-20-15-3-1-2-4-16(15)24-18)19-11-13-5-8-21(9-6-13)14-7-10-23-12-14/h1-4,13-14H,5-12H2,(H,19,22). The third-order valence-electron chi connectivity index (χ3n) is 5.11.